The Kier molecular flexibility index (Phi) is 5.35. The first-order valence-electron chi connectivity index (χ1n) is 6.75. The Balaban J connectivity index is 2.01. The van der Waals surface area contributed by atoms with Crippen LogP contribution in [0.25, 0.3) is 0 Å². The Morgan fingerprint density at radius 2 is 2.29 bits per heavy atom. The summed E-state index contributed by atoms with van der Waals surface area (Å²) in [6, 6.07) is 0.274. The minimum Gasteiger partial charge on any atom is -0.468 e. The molecular formula is C13H18BrN3O4. The molecule has 1 saturated carbocycles. The van der Waals surface area contributed by atoms with E-state index in [1.54, 1.807) is 0 Å². The summed E-state index contributed by atoms with van der Waals surface area (Å²) >= 11 is 3.25. The van der Waals surface area contributed by atoms with Crippen molar-refractivity contribution >= 4 is 27.6 Å². The van der Waals surface area contributed by atoms with Crippen LogP contribution in [0.2, 0.25) is 0 Å². The van der Waals surface area contributed by atoms with Gasteiger partial charge in [-0.2, -0.15) is 5.10 Å². The van der Waals surface area contributed by atoms with Crippen LogP contribution in [0.5, 0.6) is 0 Å². The Morgan fingerprint density at radius 3 is 2.90 bits per heavy atom. The number of anilines is 1. The molecule has 0 atom stereocenters. The van der Waals surface area contributed by atoms with Crippen molar-refractivity contribution < 1.29 is 14.3 Å². The molecule has 1 aromatic heterocycles. The van der Waals surface area contributed by atoms with Gasteiger partial charge in [-0.15, -0.1) is 0 Å². The van der Waals surface area contributed by atoms with E-state index in [4.69, 9.17) is 4.74 Å². The first kappa shape index (κ1) is 16.0. The predicted octanol–water partition coefficient (Wildman–Crippen LogP) is 1.16. The normalized spacial score (nSPS) is 20.7. The third kappa shape index (κ3) is 3.82. The average Bonchev–Trinajstić information content (AvgIpc) is 2.44. The van der Waals surface area contributed by atoms with Gasteiger partial charge in [0.2, 0.25) is 0 Å². The molecule has 0 saturated heterocycles. The Bertz CT molecular complexity index is 569. The molecule has 7 nitrogen and oxygen atoms in total. The molecule has 1 aromatic rings. The molecule has 0 aromatic carbocycles. The van der Waals surface area contributed by atoms with Gasteiger partial charge in [-0.05, 0) is 35.7 Å². The van der Waals surface area contributed by atoms with Gasteiger partial charge >= 0.3 is 5.97 Å². The van der Waals surface area contributed by atoms with Gasteiger partial charge in [-0.25, -0.2) is 4.68 Å². The summed E-state index contributed by atoms with van der Waals surface area (Å²) < 4.78 is 11.4. The molecular weight excluding hydrogens is 342 g/mol. The summed E-state index contributed by atoms with van der Waals surface area (Å²) in [5, 5.41) is 7.22. The molecule has 1 aliphatic carbocycles. The zero-order chi connectivity index (χ0) is 15.4. The third-order valence-electron chi connectivity index (χ3n) is 3.35. The quantitative estimate of drug-likeness (QED) is 0.767. The van der Waals surface area contributed by atoms with Gasteiger partial charge in [0.15, 0.2) is 0 Å². The molecule has 0 aliphatic heterocycles. The standard InChI is InChI=1S/C13H18BrN3O4/c1-3-21-9-4-8(5-9)16-10-6-15-17(7-11(18)20-2)13(19)12(10)14/h6,8-9,16H,3-5,7H2,1-2H3. The maximum atomic E-state index is 12.1. The molecule has 21 heavy (non-hydrogen) atoms. The summed E-state index contributed by atoms with van der Waals surface area (Å²) in [6.45, 7) is 2.48. The first-order chi connectivity index (χ1) is 10.0. The number of rotatable bonds is 6. The van der Waals surface area contributed by atoms with Gasteiger partial charge in [0, 0.05) is 12.6 Å². The van der Waals surface area contributed by atoms with Crippen LogP contribution in [0.3, 0.4) is 0 Å². The number of hydrogen-bond donors (Lipinski definition) is 1. The third-order valence-corrected chi connectivity index (χ3v) is 4.11. The summed E-state index contributed by atoms with van der Waals surface area (Å²) in [5.41, 5.74) is 0.257. The molecule has 116 valence electrons. The second kappa shape index (κ2) is 7.04. The Labute approximate surface area is 130 Å². The van der Waals surface area contributed by atoms with Gasteiger partial charge < -0.3 is 14.8 Å². The van der Waals surface area contributed by atoms with Crippen LogP contribution in [0.4, 0.5) is 5.69 Å². The van der Waals surface area contributed by atoms with Crippen LogP contribution in [0.1, 0.15) is 19.8 Å². The maximum Gasteiger partial charge on any atom is 0.327 e. The highest BCUT2D eigenvalue weighted by molar-refractivity contribution is 9.10. The average molecular weight is 360 g/mol. The van der Waals surface area contributed by atoms with E-state index in [1.807, 2.05) is 6.92 Å². The van der Waals surface area contributed by atoms with E-state index in [1.165, 1.54) is 13.3 Å². The van der Waals surface area contributed by atoms with E-state index < -0.39 is 5.97 Å². The van der Waals surface area contributed by atoms with E-state index >= 15 is 0 Å². The van der Waals surface area contributed by atoms with Crippen molar-refractivity contribution in [1.29, 1.82) is 0 Å². The molecule has 0 unspecified atom stereocenters. The molecule has 0 amide bonds. The van der Waals surface area contributed by atoms with Gasteiger partial charge in [0.25, 0.3) is 5.56 Å². The lowest BCUT2D eigenvalue weighted by Gasteiger charge is -2.36. The lowest BCUT2D eigenvalue weighted by Crippen LogP contribution is -2.41. The highest BCUT2D eigenvalue weighted by atomic mass is 79.9. The molecule has 1 heterocycles. The Morgan fingerprint density at radius 1 is 1.57 bits per heavy atom. The topological polar surface area (TPSA) is 82.4 Å². The van der Waals surface area contributed by atoms with E-state index in [9.17, 15) is 9.59 Å². The van der Waals surface area contributed by atoms with Crippen LogP contribution >= 0.6 is 15.9 Å². The fourth-order valence-electron chi connectivity index (χ4n) is 2.14. The molecule has 2 rings (SSSR count). The molecule has 1 fully saturated rings. The van der Waals surface area contributed by atoms with E-state index in [-0.39, 0.29) is 18.1 Å². The second-order valence-corrected chi connectivity index (χ2v) is 5.59. The van der Waals surface area contributed by atoms with Crippen molar-refractivity contribution in [3.05, 3.63) is 21.0 Å². The summed E-state index contributed by atoms with van der Waals surface area (Å²) in [6.07, 6.45) is 3.64. The number of nitrogens with zero attached hydrogens (tertiary/aromatic N) is 2. The minimum atomic E-state index is -0.518. The smallest absolute Gasteiger partial charge is 0.327 e. The fourth-order valence-corrected chi connectivity index (χ4v) is 2.56. The SMILES string of the molecule is CCOC1CC(Nc2cnn(CC(=O)OC)c(=O)c2Br)C1. The zero-order valence-corrected chi connectivity index (χ0v) is 13.6. The van der Waals surface area contributed by atoms with Crippen LogP contribution in [0, 0.1) is 0 Å². The van der Waals surface area contributed by atoms with Gasteiger partial charge in [0.1, 0.15) is 11.0 Å². The van der Waals surface area contributed by atoms with Gasteiger partial charge in [-0.1, -0.05) is 0 Å². The lowest BCUT2D eigenvalue weighted by molar-refractivity contribution is -0.141. The van der Waals surface area contributed by atoms with Crippen molar-refractivity contribution in [2.45, 2.75) is 38.5 Å². The Hall–Kier alpha value is -1.41. The van der Waals surface area contributed by atoms with E-state index in [0.29, 0.717) is 22.9 Å². The predicted molar refractivity (Wildman–Crippen MR) is 80.3 cm³/mol. The number of carbonyl (C=O) groups excluding carboxylic acids is 1. The van der Waals surface area contributed by atoms with Crippen molar-refractivity contribution in [3.8, 4) is 0 Å². The number of hydrogen-bond acceptors (Lipinski definition) is 6. The minimum absolute atomic E-state index is 0.204. The van der Waals surface area contributed by atoms with Crippen molar-refractivity contribution in [2.75, 3.05) is 19.0 Å². The number of carbonyl (C=O) groups is 1. The largest absolute Gasteiger partial charge is 0.468 e. The van der Waals surface area contributed by atoms with E-state index in [2.05, 4.69) is 31.1 Å². The van der Waals surface area contributed by atoms with E-state index in [0.717, 1.165) is 17.5 Å². The molecule has 8 heteroatoms. The number of esters is 1. The second-order valence-electron chi connectivity index (χ2n) is 4.80. The van der Waals surface area contributed by atoms with Gasteiger partial charge in [-0.3, -0.25) is 9.59 Å². The molecule has 1 N–H and O–H groups in total. The van der Waals surface area contributed by atoms with Gasteiger partial charge in [0.05, 0.1) is 25.1 Å². The molecule has 0 spiro atoms. The summed E-state index contributed by atoms with van der Waals surface area (Å²) in [7, 11) is 1.27. The lowest BCUT2D eigenvalue weighted by atomic mass is 9.89. The highest BCUT2D eigenvalue weighted by Gasteiger charge is 2.30. The number of aromatic nitrogens is 2. The number of methoxy groups -OCH3 is 1. The monoisotopic (exact) mass is 359 g/mol. The summed E-state index contributed by atoms with van der Waals surface area (Å²) in [4.78, 5) is 23.3. The fraction of sp³-hybridized carbons (Fsp3) is 0.615. The van der Waals surface area contributed by atoms with Crippen LogP contribution in [0.15, 0.2) is 15.5 Å². The zero-order valence-electron chi connectivity index (χ0n) is 12.0. The van der Waals surface area contributed by atoms with Crippen molar-refractivity contribution in [3.63, 3.8) is 0 Å². The summed E-state index contributed by atoms with van der Waals surface area (Å²) in [5.74, 6) is -0.518. The maximum absolute atomic E-state index is 12.1. The van der Waals surface area contributed by atoms with Crippen LogP contribution in [-0.4, -0.2) is 41.6 Å². The molecule has 0 bridgehead atoms. The van der Waals surface area contributed by atoms with Crippen LogP contribution in [-0.2, 0) is 20.8 Å². The first-order valence-corrected chi connectivity index (χ1v) is 7.55. The van der Waals surface area contributed by atoms with Crippen molar-refractivity contribution in [1.82, 2.24) is 9.78 Å². The van der Waals surface area contributed by atoms with Crippen LogP contribution < -0.4 is 10.9 Å². The van der Waals surface area contributed by atoms with Crippen molar-refractivity contribution in [2.24, 2.45) is 0 Å². The molecule has 0 radical (unpaired) electrons. The highest BCUT2D eigenvalue weighted by Crippen LogP contribution is 2.28. The number of ether oxygens (including phenoxy) is 2. The number of nitrogens with one attached hydrogen (secondary N) is 1. The number of halogens is 1. The molecule has 1 aliphatic rings.